The maximum Gasteiger partial charge on any atom is 0.123 e. The molecule has 2 N–H and O–H groups in total. The molecule has 0 aliphatic heterocycles. The third kappa shape index (κ3) is 4.35. The Morgan fingerprint density at radius 2 is 1.85 bits per heavy atom. The number of benzene rings is 2. The predicted molar refractivity (Wildman–Crippen MR) is 79.1 cm³/mol. The van der Waals surface area contributed by atoms with Crippen LogP contribution in [-0.4, -0.2) is 6.04 Å². The minimum absolute atomic E-state index is 0.203. The van der Waals surface area contributed by atoms with Crippen molar-refractivity contribution in [3.8, 4) is 5.75 Å². The Bertz CT molecular complexity index is 539. The second kappa shape index (κ2) is 7.06. The molecular formula is C17H20FNO. The monoisotopic (exact) mass is 273 g/mol. The summed E-state index contributed by atoms with van der Waals surface area (Å²) in [5.41, 5.74) is 7.95. The highest BCUT2D eigenvalue weighted by Crippen LogP contribution is 2.15. The number of hydrogen-bond donors (Lipinski definition) is 1. The molecule has 2 nitrogen and oxygen atoms in total. The van der Waals surface area contributed by atoms with Crippen LogP contribution in [0, 0.1) is 5.82 Å². The predicted octanol–water partition coefficient (Wildman–Crippen LogP) is 3.68. The van der Waals surface area contributed by atoms with Crippen LogP contribution in [0.25, 0.3) is 0 Å². The van der Waals surface area contributed by atoms with Gasteiger partial charge in [0, 0.05) is 6.04 Å². The van der Waals surface area contributed by atoms with E-state index in [0.717, 1.165) is 24.2 Å². The summed E-state index contributed by atoms with van der Waals surface area (Å²) in [6.07, 6.45) is 1.85. The average Bonchev–Trinajstić information content (AvgIpc) is 2.46. The molecule has 0 aromatic heterocycles. The van der Waals surface area contributed by atoms with Gasteiger partial charge in [-0.25, -0.2) is 4.39 Å². The molecule has 0 bridgehead atoms. The molecule has 3 heteroatoms. The summed E-state index contributed by atoms with van der Waals surface area (Å²) in [5.74, 6) is 0.540. The zero-order valence-corrected chi connectivity index (χ0v) is 11.7. The van der Waals surface area contributed by atoms with Gasteiger partial charge in [-0.2, -0.15) is 0 Å². The van der Waals surface area contributed by atoms with Gasteiger partial charge >= 0.3 is 0 Å². The van der Waals surface area contributed by atoms with Crippen molar-refractivity contribution in [2.45, 2.75) is 32.4 Å². The van der Waals surface area contributed by atoms with Gasteiger partial charge in [-0.15, -0.1) is 0 Å². The normalized spacial score (nSPS) is 12.2. The summed E-state index contributed by atoms with van der Waals surface area (Å²) >= 11 is 0. The van der Waals surface area contributed by atoms with Crippen LogP contribution < -0.4 is 10.5 Å². The SMILES string of the molecule is CCC(N)Cc1ccc(OCc2cccc(F)c2)cc1. The third-order valence-corrected chi connectivity index (χ3v) is 3.24. The van der Waals surface area contributed by atoms with Crippen LogP contribution in [0.4, 0.5) is 4.39 Å². The Morgan fingerprint density at radius 3 is 2.50 bits per heavy atom. The molecule has 0 radical (unpaired) electrons. The van der Waals surface area contributed by atoms with E-state index in [0.29, 0.717) is 6.61 Å². The summed E-state index contributed by atoms with van der Waals surface area (Å²) in [7, 11) is 0. The highest BCUT2D eigenvalue weighted by atomic mass is 19.1. The molecule has 0 aliphatic carbocycles. The van der Waals surface area contributed by atoms with Gasteiger partial charge in [-0.3, -0.25) is 0 Å². The first-order valence-electron chi connectivity index (χ1n) is 6.89. The summed E-state index contributed by atoms with van der Waals surface area (Å²) in [6.45, 7) is 2.45. The Morgan fingerprint density at radius 1 is 1.10 bits per heavy atom. The second-order valence-electron chi connectivity index (χ2n) is 4.93. The van der Waals surface area contributed by atoms with Gasteiger partial charge in [0.1, 0.15) is 18.2 Å². The molecule has 1 unspecified atom stereocenters. The molecule has 2 aromatic rings. The lowest BCUT2D eigenvalue weighted by atomic mass is 10.0. The van der Waals surface area contributed by atoms with Crippen molar-refractivity contribution < 1.29 is 9.13 Å². The van der Waals surface area contributed by atoms with Gasteiger partial charge in [-0.05, 0) is 48.2 Å². The van der Waals surface area contributed by atoms with Crippen LogP contribution >= 0.6 is 0 Å². The molecule has 20 heavy (non-hydrogen) atoms. The van der Waals surface area contributed by atoms with Crippen LogP contribution in [0.3, 0.4) is 0 Å². The van der Waals surface area contributed by atoms with Crippen molar-refractivity contribution in [2.75, 3.05) is 0 Å². The summed E-state index contributed by atoms with van der Waals surface area (Å²) in [6, 6.07) is 14.5. The smallest absolute Gasteiger partial charge is 0.123 e. The van der Waals surface area contributed by atoms with Crippen LogP contribution in [0.2, 0.25) is 0 Å². The zero-order chi connectivity index (χ0) is 14.4. The van der Waals surface area contributed by atoms with E-state index in [1.807, 2.05) is 30.3 Å². The topological polar surface area (TPSA) is 35.2 Å². The molecule has 0 saturated carbocycles. The molecule has 0 saturated heterocycles. The lowest BCUT2D eigenvalue weighted by Gasteiger charge is -2.10. The Balaban J connectivity index is 1.90. The largest absolute Gasteiger partial charge is 0.489 e. The highest BCUT2D eigenvalue weighted by Gasteiger charge is 2.02. The summed E-state index contributed by atoms with van der Waals surface area (Å²) in [5, 5.41) is 0. The Kier molecular flexibility index (Phi) is 5.13. The Labute approximate surface area is 119 Å². The first-order chi connectivity index (χ1) is 9.67. The van der Waals surface area contributed by atoms with Gasteiger partial charge in [0.2, 0.25) is 0 Å². The van der Waals surface area contributed by atoms with Gasteiger partial charge in [0.05, 0.1) is 0 Å². The Hall–Kier alpha value is -1.87. The highest BCUT2D eigenvalue weighted by molar-refractivity contribution is 5.28. The van der Waals surface area contributed by atoms with Gasteiger partial charge in [0.25, 0.3) is 0 Å². The maximum atomic E-state index is 13.0. The quantitative estimate of drug-likeness (QED) is 0.871. The first-order valence-corrected chi connectivity index (χ1v) is 6.89. The van der Waals surface area contributed by atoms with Crippen molar-refractivity contribution in [3.05, 3.63) is 65.5 Å². The summed E-state index contributed by atoms with van der Waals surface area (Å²) in [4.78, 5) is 0. The average molecular weight is 273 g/mol. The lowest BCUT2D eigenvalue weighted by Crippen LogP contribution is -2.21. The fourth-order valence-electron chi connectivity index (χ4n) is 1.96. The van der Waals surface area contributed by atoms with Crippen molar-refractivity contribution in [3.63, 3.8) is 0 Å². The molecule has 0 fully saturated rings. The number of hydrogen-bond acceptors (Lipinski definition) is 2. The lowest BCUT2D eigenvalue weighted by molar-refractivity contribution is 0.305. The van der Waals surface area contributed by atoms with E-state index in [9.17, 15) is 4.39 Å². The van der Waals surface area contributed by atoms with Gasteiger partial charge < -0.3 is 10.5 Å². The number of halogens is 1. The van der Waals surface area contributed by atoms with Crippen molar-refractivity contribution >= 4 is 0 Å². The molecule has 2 rings (SSSR count). The number of ether oxygens (including phenoxy) is 1. The van der Waals surface area contributed by atoms with Crippen molar-refractivity contribution in [2.24, 2.45) is 5.73 Å². The summed E-state index contributed by atoms with van der Waals surface area (Å²) < 4.78 is 18.7. The van der Waals surface area contributed by atoms with Crippen molar-refractivity contribution in [1.29, 1.82) is 0 Å². The molecule has 0 amide bonds. The van der Waals surface area contributed by atoms with Gasteiger partial charge in [-0.1, -0.05) is 31.2 Å². The molecule has 0 heterocycles. The van der Waals surface area contributed by atoms with E-state index >= 15 is 0 Å². The first kappa shape index (κ1) is 14.5. The zero-order valence-electron chi connectivity index (χ0n) is 11.7. The van der Waals surface area contributed by atoms with Gasteiger partial charge in [0.15, 0.2) is 0 Å². The van der Waals surface area contributed by atoms with Crippen molar-refractivity contribution in [1.82, 2.24) is 0 Å². The van der Waals surface area contributed by atoms with Crippen LogP contribution in [0.5, 0.6) is 5.75 Å². The molecule has 0 spiro atoms. The molecular weight excluding hydrogens is 253 g/mol. The molecule has 2 aromatic carbocycles. The van der Waals surface area contributed by atoms with Crippen LogP contribution in [0.15, 0.2) is 48.5 Å². The van der Waals surface area contributed by atoms with E-state index in [-0.39, 0.29) is 11.9 Å². The fraction of sp³-hybridized carbons (Fsp3) is 0.294. The van der Waals surface area contributed by atoms with E-state index in [1.54, 1.807) is 6.07 Å². The van der Waals surface area contributed by atoms with E-state index in [1.165, 1.54) is 17.7 Å². The number of nitrogens with two attached hydrogens (primary N) is 1. The van der Waals surface area contributed by atoms with Crippen LogP contribution in [0.1, 0.15) is 24.5 Å². The minimum atomic E-state index is -0.241. The molecule has 0 aliphatic rings. The van der Waals surface area contributed by atoms with E-state index in [2.05, 4.69) is 6.92 Å². The standard InChI is InChI=1S/C17H20FNO/c1-2-16(19)11-13-6-8-17(9-7-13)20-12-14-4-3-5-15(18)10-14/h3-10,16H,2,11-12,19H2,1H3. The second-order valence-corrected chi connectivity index (χ2v) is 4.93. The fourth-order valence-corrected chi connectivity index (χ4v) is 1.96. The third-order valence-electron chi connectivity index (χ3n) is 3.24. The minimum Gasteiger partial charge on any atom is -0.489 e. The molecule has 1 atom stereocenters. The van der Waals surface area contributed by atoms with E-state index in [4.69, 9.17) is 10.5 Å². The van der Waals surface area contributed by atoms with E-state index < -0.39 is 0 Å². The van der Waals surface area contributed by atoms with Crippen LogP contribution in [-0.2, 0) is 13.0 Å². The maximum absolute atomic E-state index is 13.0. The molecule has 106 valence electrons. The number of rotatable bonds is 6.